The molecule has 87 heavy (non-hydrogen) atoms. The number of phenols is 1. The molecule has 0 saturated carbocycles. The number of aromatic hydroxyl groups is 1. The predicted octanol–water partition coefficient (Wildman–Crippen LogP) is -3.40. The van der Waals surface area contributed by atoms with Crippen molar-refractivity contribution in [1.29, 1.82) is 0 Å². The molecule has 10 unspecified atom stereocenters. The normalized spacial score (nSPS) is 18.7. The van der Waals surface area contributed by atoms with Gasteiger partial charge in [0.25, 0.3) is 0 Å². The minimum Gasteiger partial charge on any atom is -0.508 e. The zero-order chi connectivity index (χ0) is 64.1. The van der Waals surface area contributed by atoms with Crippen LogP contribution < -0.4 is 59.3 Å². The lowest BCUT2D eigenvalue weighted by Crippen LogP contribution is -2.60. The maximum absolute atomic E-state index is 14.4. The molecule has 0 aliphatic carbocycles. The fourth-order valence-electron chi connectivity index (χ4n) is 10.2. The lowest BCUT2D eigenvalue weighted by atomic mass is 10.0. The van der Waals surface area contributed by atoms with Gasteiger partial charge in [0.15, 0.2) is 0 Å². The number of nitrogens with zero attached hydrogens (tertiary/aromatic N) is 2. The molecular weight excluding hydrogens is 1150 g/mol. The van der Waals surface area contributed by atoms with Gasteiger partial charge in [-0.1, -0.05) is 56.3 Å². The van der Waals surface area contributed by atoms with Gasteiger partial charge in [-0.25, -0.2) is 0 Å². The van der Waals surface area contributed by atoms with E-state index in [-0.39, 0.29) is 88.5 Å². The Bertz CT molecular complexity index is 2860. The average Bonchev–Trinajstić information content (AvgIpc) is 2.95. The van der Waals surface area contributed by atoms with Crippen LogP contribution in [0.15, 0.2) is 54.6 Å². The molecule has 29 nitrogen and oxygen atoms in total. The Morgan fingerprint density at radius 1 is 0.632 bits per heavy atom. The summed E-state index contributed by atoms with van der Waals surface area (Å²) in [7, 11) is 0. The third-order valence-electron chi connectivity index (χ3n) is 14.7. The Labute approximate surface area is 506 Å². The van der Waals surface area contributed by atoms with Gasteiger partial charge in [-0.15, -0.1) is 0 Å². The highest BCUT2D eigenvalue weighted by Gasteiger charge is 2.44. The fourth-order valence-corrected chi connectivity index (χ4v) is 10.7. The number of hydrogen-bond acceptors (Lipinski definition) is 16. The molecule has 0 radical (unpaired) electrons. The molecule has 474 valence electrons. The van der Waals surface area contributed by atoms with Gasteiger partial charge in [-0.05, 0) is 93.1 Å². The lowest BCUT2D eigenvalue weighted by Gasteiger charge is -2.31. The number of nitrogens with two attached hydrogens (primary N) is 2. The first-order valence-corrected chi connectivity index (χ1v) is 30.0. The topological polar surface area (TPSA) is 446 Å². The first-order valence-electron chi connectivity index (χ1n) is 28.6. The monoisotopic (exact) mass is 1230 g/mol. The largest absolute Gasteiger partial charge is 0.508 e. The van der Waals surface area contributed by atoms with Crippen LogP contribution >= 0.6 is 11.8 Å². The van der Waals surface area contributed by atoms with Crippen molar-refractivity contribution in [2.45, 2.75) is 158 Å². The molecule has 2 aromatic rings. The molecule has 5 rings (SSSR count). The first-order chi connectivity index (χ1) is 41.2. The highest BCUT2D eigenvalue weighted by Crippen LogP contribution is 2.24. The van der Waals surface area contributed by atoms with E-state index in [1.54, 1.807) is 30.3 Å². The standard InChI is InChI=1S/C57H79N13O16S/c1-30(2)24-37(52(81)64-35(48(59)77)20-23-87-4)63-46(74)29-60-50(79)38(26-33-14-16-34(71)17-15-33)66-53(82)39(25-32-10-6-5-7-11-32)65-49(78)31(3)61-51(80)40(27-44(58)72)67-54(83)42-12-9-22-70(42)57(86)41(28-47(75)76)68-55(84)43-13-8-21-69(43)56(85)36-18-19-45(73)62-36/h5-7,10-11,14-17,30-31,35-43,71H,8-9,12-13,18-29H2,1-4H3,(H2,58,72)(H2,59,77)(H,60,79)(H,61,80)(H,62,73)(H,63,74)(H,64,81)(H,65,78)(H,66,82)(H,67,83)(H,68,84)(H,75,76). The van der Waals surface area contributed by atoms with Gasteiger partial charge in [-0.3, -0.25) is 67.1 Å². The summed E-state index contributed by atoms with van der Waals surface area (Å²) in [4.78, 5) is 189. The second-order valence-corrected chi connectivity index (χ2v) is 23.0. The van der Waals surface area contributed by atoms with Gasteiger partial charge in [0.05, 0.1) is 19.4 Å². The van der Waals surface area contributed by atoms with Gasteiger partial charge in [0, 0.05) is 32.4 Å². The van der Waals surface area contributed by atoms with Crippen LogP contribution in [-0.4, -0.2) is 195 Å². The number of nitrogens with one attached hydrogen (secondary N) is 9. The minimum atomic E-state index is -1.75. The number of phenolic OH excluding ortho intramolecular Hbond substituents is 1. The van der Waals surface area contributed by atoms with Gasteiger partial charge < -0.3 is 79.3 Å². The van der Waals surface area contributed by atoms with Crippen molar-refractivity contribution in [1.82, 2.24) is 57.7 Å². The van der Waals surface area contributed by atoms with Gasteiger partial charge in [0.2, 0.25) is 76.8 Å². The van der Waals surface area contributed by atoms with Gasteiger partial charge >= 0.3 is 5.97 Å². The molecular formula is C57H79N13O16S. The van der Waals surface area contributed by atoms with Crippen LogP contribution in [0.2, 0.25) is 0 Å². The molecule has 0 bridgehead atoms. The molecule has 30 heteroatoms. The summed E-state index contributed by atoms with van der Waals surface area (Å²) in [6.07, 6.45) is 1.33. The molecule has 0 aromatic heterocycles. The van der Waals surface area contributed by atoms with Crippen LogP contribution in [0.5, 0.6) is 5.75 Å². The summed E-state index contributed by atoms with van der Waals surface area (Å²) in [6.45, 7) is 4.28. The zero-order valence-electron chi connectivity index (χ0n) is 48.9. The maximum atomic E-state index is 14.4. The number of aliphatic carboxylic acids is 1. The smallest absolute Gasteiger partial charge is 0.305 e. The van der Waals surface area contributed by atoms with E-state index in [9.17, 15) is 77.3 Å². The first kappa shape index (κ1) is 68.9. The number of likely N-dealkylation sites (tertiary alicyclic amines) is 2. The number of carbonyl (C=O) groups excluding carboxylic acids is 13. The van der Waals surface area contributed by atoms with E-state index in [1.807, 2.05) is 20.1 Å². The van der Waals surface area contributed by atoms with E-state index in [0.29, 0.717) is 23.3 Å². The van der Waals surface area contributed by atoms with E-state index in [4.69, 9.17) is 11.5 Å². The van der Waals surface area contributed by atoms with Crippen LogP contribution in [-0.2, 0) is 80.0 Å². The number of rotatable bonds is 32. The van der Waals surface area contributed by atoms with E-state index in [1.165, 1.54) is 47.9 Å². The van der Waals surface area contributed by atoms with E-state index >= 15 is 0 Å². The number of thioether (sulfide) groups is 1. The second-order valence-electron chi connectivity index (χ2n) is 22.1. The quantitative estimate of drug-likeness (QED) is 0.0340. The maximum Gasteiger partial charge on any atom is 0.305 e. The van der Waals surface area contributed by atoms with Gasteiger partial charge in [-0.2, -0.15) is 11.8 Å². The third-order valence-corrected chi connectivity index (χ3v) is 15.4. The molecule has 15 N–H and O–H groups in total. The van der Waals surface area contributed by atoms with Crippen LogP contribution in [0.3, 0.4) is 0 Å². The number of benzene rings is 2. The zero-order valence-corrected chi connectivity index (χ0v) is 49.7. The van der Waals surface area contributed by atoms with Crippen molar-refractivity contribution in [2.75, 3.05) is 31.6 Å². The van der Waals surface area contributed by atoms with Crippen molar-refractivity contribution < 1.29 is 77.3 Å². The Morgan fingerprint density at radius 2 is 1.18 bits per heavy atom. The summed E-state index contributed by atoms with van der Waals surface area (Å²) < 4.78 is 0. The molecule has 13 amide bonds. The summed E-state index contributed by atoms with van der Waals surface area (Å²) in [5.74, 6) is -11.8. The summed E-state index contributed by atoms with van der Waals surface area (Å²) in [5.41, 5.74) is 12.0. The summed E-state index contributed by atoms with van der Waals surface area (Å²) in [5, 5.41) is 42.5. The SMILES string of the molecule is CSCCC(NC(=O)C(CC(C)C)NC(=O)CNC(=O)C(Cc1ccc(O)cc1)NC(=O)C(Cc1ccccc1)NC(=O)C(C)NC(=O)C(CC(N)=O)NC(=O)C1CCCN1C(=O)C(CC(=O)O)NC(=O)C1CCCN1C(=O)C1CCC(=O)N1)C(N)=O. The molecule has 10 atom stereocenters. The van der Waals surface area contributed by atoms with Crippen LogP contribution in [0.4, 0.5) is 0 Å². The Hall–Kier alpha value is -8.83. The number of hydrogen-bond donors (Lipinski definition) is 13. The van der Waals surface area contributed by atoms with Gasteiger partial charge in [0.1, 0.15) is 66.2 Å². The lowest BCUT2D eigenvalue weighted by molar-refractivity contribution is -0.147. The molecule has 3 fully saturated rings. The number of carboxylic acid groups (broad SMARTS) is 1. The highest BCUT2D eigenvalue weighted by atomic mass is 32.2. The van der Waals surface area contributed by atoms with Crippen molar-refractivity contribution in [3.63, 3.8) is 0 Å². The highest BCUT2D eigenvalue weighted by molar-refractivity contribution is 7.98. The molecule has 3 aliphatic heterocycles. The second kappa shape index (κ2) is 33.2. The minimum absolute atomic E-state index is 0.00355. The number of amides is 13. The molecule has 2 aromatic carbocycles. The molecule has 0 spiro atoms. The Kier molecular flexibility index (Phi) is 26.3. The molecule has 3 heterocycles. The Balaban J connectivity index is 1.27. The van der Waals surface area contributed by atoms with Crippen molar-refractivity contribution in [3.05, 3.63) is 65.7 Å². The third kappa shape index (κ3) is 21.3. The number of carboxylic acids is 1. The van der Waals surface area contributed by atoms with Crippen molar-refractivity contribution in [2.24, 2.45) is 17.4 Å². The van der Waals surface area contributed by atoms with E-state index < -0.39 is 157 Å². The van der Waals surface area contributed by atoms with Crippen LogP contribution in [0, 0.1) is 5.92 Å². The van der Waals surface area contributed by atoms with Crippen LogP contribution in [0.25, 0.3) is 0 Å². The fraction of sp³-hybridized carbons (Fsp3) is 0.544. The van der Waals surface area contributed by atoms with Crippen LogP contribution in [0.1, 0.15) is 96.1 Å². The molecule has 3 saturated heterocycles. The summed E-state index contributed by atoms with van der Waals surface area (Å²) >= 11 is 1.44. The van der Waals surface area contributed by atoms with E-state index in [0.717, 1.165) is 4.90 Å². The average molecular weight is 1230 g/mol. The number of carbonyl (C=O) groups is 14. The van der Waals surface area contributed by atoms with Crippen molar-refractivity contribution in [3.8, 4) is 5.75 Å². The number of primary amides is 2. The predicted molar refractivity (Wildman–Crippen MR) is 313 cm³/mol. The van der Waals surface area contributed by atoms with E-state index in [2.05, 4.69) is 47.9 Å². The molecule has 3 aliphatic rings. The Morgan fingerprint density at radius 3 is 1.76 bits per heavy atom. The summed E-state index contributed by atoms with van der Waals surface area (Å²) in [6, 6.07) is 0.814. The van der Waals surface area contributed by atoms with Crippen molar-refractivity contribution >= 4 is 94.5 Å².